The summed E-state index contributed by atoms with van der Waals surface area (Å²) in [5, 5.41) is 0.513. The van der Waals surface area contributed by atoms with Crippen molar-refractivity contribution < 1.29 is 35.5 Å². The summed E-state index contributed by atoms with van der Waals surface area (Å²) in [6.07, 6.45) is -5.68. The monoisotopic (exact) mass is 474 g/mol. The average molecular weight is 474 g/mol. The lowest BCUT2D eigenvalue weighted by molar-refractivity contribution is -0.143. The van der Waals surface area contributed by atoms with Crippen LogP contribution in [0.2, 0.25) is 0 Å². The standard InChI is InChI=1S/C21H13F7N2OS/c22-14-13(21(26,27)28)15(23)17(25)18(16(14)24)30-20(31)19(10-4-2-1-3-5-10)32-12-8-6-11(29)7-9-12/h1-9,19H,29H2,(H,30,31). The molecule has 3 aromatic carbocycles. The molecule has 0 saturated carbocycles. The highest BCUT2D eigenvalue weighted by atomic mass is 32.2. The Bertz CT molecular complexity index is 1110. The molecule has 3 rings (SSSR count). The van der Waals surface area contributed by atoms with Gasteiger partial charge in [0.2, 0.25) is 5.91 Å². The van der Waals surface area contributed by atoms with Gasteiger partial charge in [0.25, 0.3) is 0 Å². The maximum atomic E-state index is 14.2. The van der Waals surface area contributed by atoms with Crippen molar-refractivity contribution in [2.75, 3.05) is 11.1 Å². The van der Waals surface area contributed by atoms with Crippen molar-refractivity contribution in [3.05, 3.63) is 89.0 Å². The molecule has 0 bridgehead atoms. The maximum Gasteiger partial charge on any atom is 0.422 e. The highest BCUT2D eigenvalue weighted by molar-refractivity contribution is 8.00. The zero-order valence-electron chi connectivity index (χ0n) is 15.8. The smallest absolute Gasteiger partial charge is 0.399 e. The molecule has 0 heterocycles. The molecule has 1 amide bonds. The molecule has 0 aliphatic carbocycles. The highest BCUT2D eigenvalue weighted by Gasteiger charge is 2.42. The molecule has 0 radical (unpaired) electrons. The Balaban J connectivity index is 2.00. The molecule has 0 aromatic heterocycles. The largest absolute Gasteiger partial charge is 0.422 e. The molecule has 3 N–H and O–H groups in total. The van der Waals surface area contributed by atoms with E-state index in [0.29, 0.717) is 16.1 Å². The summed E-state index contributed by atoms with van der Waals surface area (Å²) < 4.78 is 94.5. The third-order valence-corrected chi connectivity index (χ3v) is 5.54. The van der Waals surface area contributed by atoms with E-state index in [-0.39, 0.29) is 0 Å². The van der Waals surface area contributed by atoms with Crippen LogP contribution in [0.5, 0.6) is 0 Å². The molecule has 0 fully saturated rings. The second-order valence-electron chi connectivity index (χ2n) is 6.47. The predicted octanol–water partition coefficient (Wildman–Crippen LogP) is 6.32. The molecule has 1 unspecified atom stereocenters. The third-order valence-electron chi connectivity index (χ3n) is 4.27. The van der Waals surface area contributed by atoms with Gasteiger partial charge in [0.05, 0.1) is 0 Å². The number of thioether (sulfide) groups is 1. The molecule has 0 spiro atoms. The molecule has 0 saturated heterocycles. The number of benzene rings is 3. The van der Waals surface area contributed by atoms with Gasteiger partial charge < -0.3 is 11.1 Å². The summed E-state index contributed by atoms with van der Waals surface area (Å²) in [6.45, 7) is 0. The van der Waals surface area contributed by atoms with Gasteiger partial charge in [-0.1, -0.05) is 30.3 Å². The molecular weight excluding hydrogens is 461 g/mol. The zero-order chi connectivity index (χ0) is 23.6. The minimum Gasteiger partial charge on any atom is -0.399 e. The van der Waals surface area contributed by atoms with Gasteiger partial charge in [-0.05, 0) is 29.8 Å². The average Bonchev–Trinajstić information content (AvgIpc) is 2.74. The van der Waals surface area contributed by atoms with Crippen LogP contribution in [0.3, 0.4) is 0 Å². The summed E-state index contributed by atoms with van der Waals surface area (Å²) in [5.74, 6) is -11.2. The van der Waals surface area contributed by atoms with E-state index in [1.807, 2.05) is 0 Å². The lowest BCUT2D eigenvalue weighted by atomic mass is 10.1. The molecule has 3 aromatic rings. The van der Waals surface area contributed by atoms with Crippen LogP contribution in [0, 0.1) is 23.3 Å². The topological polar surface area (TPSA) is 55.1 Å². The van der Waals surface area contributed by atoms with Gasteiger partial charge >= 0.3 is 6.18 Å². The van der Waals surface area contributed by atoms with E-state index in [4.69, 9.17) is 5.73 Å². The van der Waals surface area contributed by atoms with Crippen molar-refractivity contribution >= 4 is 29.0 Å². The normalized spacial score (nSPS) is 12.5. The van der Waals surface area contributed by atoms with Crippen LogP contribution in [0.1, 0.15) is 16.4 Å². The molecular formula is C21H13F7N2OS. The van der Waals surface area contributed by atoms with Crippen LogP contribution in [-0.4, -0.2) is 5.91 Å². The first-order chi connectivity index (χ1) is 15.0. The van der Waals surface area contributed by atoms with Crippen molar-refractivity contribution in [1.29, 1.82) is 0 Å². The number of nitrogens with one attached hydrogen (secondary N) is 1. The van der Waals surface area contributed by atoms with Crippen molar-refractivity contribution in [3.63, 3.8) is 0 Å². The summed E-state index contributed by atoms with van der Waals surface area (Å²) in [7, 11) is 0. The van der Waals surface area contributed by atoms with Gasteiger partial charge in [0, 0.05) is 10.6 Å². The van der Waals surface area contributed by atoms with Crippen molar-refractivity contribution in [2.45, 2.75) is 16.3 Å². The predicted molar refractivity (Wildman–Crippen MR) is 106 cm³/mol. The van der Waals surface area contributed by atoms with Gasteiger partial charge in [0.15, 0.2) is 23.3 Å². The Morgan fingerprint density at radius 2 is 1.38 bits per heavy atom. The van der Waals surface area contributed by atoms with E-state index in [1.54, 1.807) is 47.8 Å². The second kappa shape index (κ2) is 9.11. The van der Waals surface area contributed by atoms with Gasteiger partial charge in [-0.3, -0.25) is 4.79 Å². The zero-order valence-corrected chi connectivity index (χ0v) is 16.6. The van der Waals surface area contributed by atoms with Gasteiger partial charge in [0.1, 0.15) is 16.5 Å². The number of carbonyl (C=O) groups is 1. The SMILES string of the molecule is Nc1ccc(SC(C(=O)Nc2c(F)c(F)c(C(F)(F)F)c(F)c2F)c2ccccc2)cc1. The quantitative estimate of drug-likeness (QED) is 0.197. The Morgan fingerprint density at radius 1 is 0.844 bits per heavy atom. The number of hydrogen-bond donors (Lipinski definition) is 2. The minimum atomic E-state index is -5.68. The van der Waals surface area contributed by atoms with Crippen LogP contribution in [0.25, 0.3) is 0 Å². The molecule has 0 aliphatic rings. The Labute approximate surface area is 181 Å². The van der Waals surface area contributed by atoms with Gasteiger partial charge in [-0.25, -0.2) is 17.6 Å². The van der Waals surface area contributed by atoms with E-state index in [1.165, 1.54) is 12.1 Å². The Morgan fingerprint density at radius 3 is 1.88 bits per heavy atom. The van der Waals surface area contributed by atoms with Gasteiger partial charge in [-0.15, -0.1) is 11.8 Å². The van der Waals surface area contributed by atoms with E-state index in [2.05, 4.69) is 0 Å². The Hall–Kier alpha value is -3.21. The molecule has 32 heavy (non-hydrogen) atoms. The summed E-state index contributed by atoms with van der Waals surface area (Å²) in [6, 6.07) is 14.1. The summed E-state index contributed by atoms with van der Waals surface area (Å²) in [5.41, 5.74) is 2.04. The molecule has 3 nitrogen and oxygen atoms in total. The lowest BCUT2D eigenvalue weighted by Gasteiger charge is -2.19. The first-order valence-corrected chi connectivity index (χ1v) is 9.69. The van der Waals surface area contributed by atoms with Crippen LogP contribution >= 0.6 is 11.8 Å². The molecule has 168 valence electrons. The van der Waals surface area contributed by atoms with Crippen LogP contribution in [0.4, 0.5) is 42.1 Å². The summed E-state index contributed by atoms with van der Waals surface area (Å²) >= 11 is 0.925. The lowest BCUT2D eigenvalue weighted by Crippen LogP contribution is -2.23. The number of nitrogens with two attached hydrogens (primary N) is 1. The highest BCUT2D eigenvalue weighted by Crippen LogP contribution is 2.40. The van der Waals surface area contributed by atoms with Crippen molar-refractivity contribution in [2.24, 2.45) is 0 Å². The molecule has 0 aliphatic heterocycles. The maximum absolute atomic E-state index is 14.2. The first-order valence-electron chi connectivity index (χ1n) is 8.81. The van der Waals surface area contributed by atoms with E-state index < -0.39 is 51.9 Å². The number of alkyl halides is 3. The first kappa shape index (κ1) is 23.5. The number of hydrogen-bond acceptors (Lipinski definition) is 3. The van der Waals surface area contributed by atoms with Crippen molar-refractivity contribution in [3.8, 4) is 0 Å². The molecule has 11 heteroatoms. The van der Waals surface area contributed by atoms with E-state index in [9.17, 15) is 35.5 Å². The molecule has 1 atom stereocenters. The van der Waals surface area contributed by atoms with Gasteiger partial charge in [-0.2, -0.15) is 13.2 Å². The van der Waals surface area contributed by atoms with Crippen LogP contribution in [0.15, 0.2) is 59.5 Å². The number of nitrogen functional groups attached to an aromatic ring is 1. The number of carbonyl (C=O) groups excluding carboxylic acids is 1. The van der Waals surface area contributed by atoms with E-state index in [0.717, 1.165) is 11.8 Å². The van der Waals surface area contributed by atoms with Crippen LogP contribution in [-0.2, 0) is 11.0 Å². The minimum absolute atomic E-state index is 0.362. The van der Waals surface area contributed by atoms with Crippen LogP contribution < -0.4 is 11.1 Å². The third kappa shape index (κ3) is 4.82. The summed E-state index contributed by atoms with van der Waals surface area (Å²) in [4.78, 5) is 13.4. The second-order valence-corrected chi connectivity index (χ2v) is 7.65. The number of rotatable bonds is 5. The fourth-order valence-electron chi connectivity index (χ4n) is 2.76. The van der Waals surface area contributed by atoms with E-state index >= 15 is 0 Å². The number of anilines is 2. The Kier molecular flexibility index (Phi) is 6.68. The fourth-order valence-corrected chi connectivity index (χ4v) is 3.79. The van der Waals surface area contributed by atoms with Crippen molar-refractivity contribution in [1.82, 2.24) is 0 Å². The fraction of sp³-hybridized carbons (Fsp3) is 0.0952. The number of amides is 1. The number of halogens is 7.